The zero-order valence-electron chi connectivity index (χ0n) is 11.7. The van der Waals surface area contributed by atoms with Crippen LogP contribution in [0.3, 0.4) is 0 Å². The zero-order valence-corrected chi connectivity index (χ0v) is 11.7. The fraction of sp³-hybridized carbons (Fsp3) is 0.533. The summed E-state index contributed by atoms with van der Waals surface area (Å²) >= 11 is 0. The van der Waals surface area contributed by atoms with Crippen molar-refractivity contribution in [2.24, 2.45) is 5.73 Å². The maximum atomic E-state index is 12.4. The molecule has 1 aliphatic rings. The summed E-state index contributed by atoms with van der Waals surface area (Å²) in [5.41, 5.74) is 7.10. The largest absolute Gasteiger partial charge is 0.332 e. The number of rotatable bonds is 3. The van der Waals surface area contributed by atoms with Crippen LogP contribution in [0.25, 0.3) is 0 Å². The van der Waals surface area contributed by atoms with E-state index in [1.807, 2.05) is 30.0 Å². The number of amides is 1. The number of benzene rings is 1. The van der Waals surface area contributed by atoms with Gasteiger partial charge in [-0.1, -0.05) is 37.3 Å². The number of hydrogen-bond donors (Lipinski definition) is 1. The summed E-state index contributed by atoms with van der Waals surface area (Å²) in [6, 6.07) is 9.95. The molecule has 1 saturated heterocycles. The van der Waals surface area contributed by atoms with E-state index in [1.165, 1.54) is 5.56 Å². The summed E-state index contributed by atoms with van der Waals surface area (Å²) in [5.74, 6) is 0.0736. The van der Waals surface area contributed by atoms with Gasteiger partial charge in [-0.05, 0) is 19.0 Å². The topological polar surface area (TPSA) is 49.6 Å². The lowest BCUT2D eigenvalue weighted by atomic mass is 10.0. The van der Waals surface area contributed by atoms with E-state index in [-0.39, 0.29) is 18.0 Å². The molecule has 1 heterocycles. The quantitative estimate of drug-likeness (QED) is 0.890. The van der Waals surface area contributed by atoms with Crippen molar-refractivity contribution in [2.75, 3.05) is 26.7 Å². The Morgan fingerprint density at radius 3 is 2.68 bits per heavy atom. The molecule has 0 aliphatic carbocycles. The SMILES string of the molecule is CC[C@H](N)C(=O)N1CCN(C)CC1c1ccccc1. The number of carbonyl (C=O) groups is 1. The molecule has 1 unspecified atom stereocenters. The summed E-state index contributed by atoms with van der Waals surface area (Å²) in [6.07, 6.45) is 0.687. The van der Waals surface area contributed by atoms with Gasteiger partial charge in [0.25, 0.3) is 0 Å². The van der Waals surface area contributed by atoms with E-state index in [1.54, 1.807) is 0 Å². The van der Waals surface area contributed by atoms with Crippen molar-refractivity contribution in [3.63, 3.8) is 0 Å². The zero-order chi connectivity index (χ0) is 13.8. The lowest BCUT2D eigenvalue weighted by Gasteiger charge is -2.41. The Morgan fingerprint density at radius 1 is 1.37 bits per heavy atom. The summed E-state index contributed by atoms with van der Waals surface area (Å²) in [4.78, 5) is 16.6. The van der Waals surface area contributed by atoms with Gasteiger partial charge >= 0.3 is 0 Å². The Hall–Kier alpha value is -1.39. The van der Waals surface area contributed by atoms with Gasteiger partial charge in [-0.15, -0.1) is 0 Å². The van der Waals surface area contributed by atoms with Crippen molar-refractivity contribution >= 4 is 5.91 Å². The maximum Gasteiger partial charge on any atom is 0.240 e. The van der Waals surface area contributed by atoms with Crippen LogP contribution in [-0.4, -0.2) is 48.4 Å². The highest BCUT2D eigenvalue weighted by Gasteiger charge is 2.31. The third kappa shape index (κ3) is 3.14. The molecule has 1 amide bonds. The normalized spacial score (nSPS) is 22.3. The number of nitrogens with two attached hydrogens (primary N) is 1. The number of hydrogen-bond acceptors (Lipinski definition) is 3. The van der Waals surface area contributed by atoms with Gasteiger partial charge in [0.1, 0.15) is 0 Å². The van der Waals surface area contributed by atoms with E-state index >= 15 is 0 Å². The van der Waals surface area contributed by atoms with E-state index in [0.717, 1.165) is 19.6 Å². The van der Waals surface area contributed by atoms with Crippen LogP contribution in [-0.2, 0) is 4.79 Å². The number of carbonyl (C=O) groups excluding carboxylic acids is 1. The van der Waals surface area contributed by atoms with Crippen LogP contribution in [0.1, 0.15) is 24.9 Å². The van der Waals surface area contributed by atoms with Gasteiger partial charge in [0.15, 0.2) is 0 Å². The average molecular weight is 261 g/mol. The van der Waals surface area contributed by atoms with Crippen molar-refractivity contribution < 1.29 is 4.79 Å². The Morgan fingerprint density at radius 2 is 2.05 bits per heavy atom. The van der Waals surface area contributed by atoms with Crippen molar-refractivity contribution in [1.82, 2.24) is 9.80 Å². The van der Waals surface area contributed by atoms with Crippen LogP contribution < -0.4 is 5.73 Å². The molecular weight excluding hydrogens is 238 g/mol. The third-order valence-corrected chi connectivity index (χ3v) is 3.81. The molecule has 2 N–H and O–H groups in total. The number of piperazine rings is 1. The Bertz CT molecular complexity index is 421. The Balaban J connectivity index is 2.22. The van der Waals surface area contributed by atoms with Gasteiger partial charge in [0, 0.05) is 19.6 Å². The molecule has 1 fully saturated rings. The molecule has 0 bridgehead atoms. The standard InChI is InChI=1S/C15H23N3O/c1-3-13(16)15(19)18-10-9-17(2)11-14(18)12-7-5-4-6-8-12/h4-8,13-14H,3,9-11,16H2,1-2H3/t13-,14?/m0/s1. The van der Waals surface area contributed by atoms with Crippen LogP contribution in [0, 0.1) is 0 Å². The predicted octanol–water partition coefficient (Wildman–Crippen LogP) is 1.24. The van der Waals surface area contributed by atoms with E-state index in [4.69, 9.17) is 5.73 Å². The second kappa shape index (κ2) is 6.17. The van der Waals surface area contributed by atoms with E-state index in [9.17, 15) is 4.79 Å². The van der Waals surface area contributed by atoms with Crippen molar-refractivity contribution in [2.45, 2.75) is 25.4 Å². The minimum atomic E-state index is -0.380. The highest BCUT2D eigenvalue weighted by molar-refractivity contribution is 5.82. The molecule has 2 rings (SSSR count). The van der Waals surface area contributed by atoms with Crippen LogP contribution in [0.15, 0.2) is 30.3 Å². The fourth-order valence-corrected chi connectivity index (χ4v) is 2.53. The van der Waals surface area contributed by atoms with E-state index in [0.29, 0.717) is 6.42 Å². The molecule has 104 valence electrons. The molecule has 2 atom stereocenters. The van der Waals surface area contributed by atoms with Gasteiger partial charge < -0.3 is 15.5 Å². The fourth-order valence-electron chi connectivity index (χ4n) is 2.53. The number of likely N-dealkylation sites (N-methyl/N-ethyl adjacent to an activating group) is 1. The van der Waals surface area contributed by atoms with Crippen molar-refractivity contribution in [1.29, 1.82) is 0 Å². The van der Waals surface area contributed by atoms with Gasteiger partial charge in [0.2, 0.25) is 5.91 Å². The molecule has 19 heavy (non-hydrogen) atoms. The molecule has 1 aromatic carbocycles. The smallest absolute Gasteiger partial charge is 0.240 e. The first kappa shape index (κ1) is 14.0. The molecule has 4 heteroatoms. The van der Waals surface area contributed by atoms with E-state index in [2.05, 4.69) is 24.1 Å². The van der Waals surface area contributed by atoms with Gasteiger partial charge in [0.05, 0.1) is 12.1 Å². The predicted molar refractivity (Wildman–Crippen MR) is 76.7 cm³/mol. The van der Waals surface area contributed by atoms with Crippen molar-refractivity contribution in [3.8, 4) is 0 Å². The molecule has 0 radical (unpaired) electrons. The van der Waals surface area contributed by atoms with Gasteiger partial charge in [-0.2, -0.15) is 0 Å². The van der Waals surface area contributed by atoms with Crippen molar-refractivity contribution in [3.05, 3.63) is 35.9 Å². The first-order chi connectivity index (χ1) is 9.13. The lowest BCUT2D eigenvalue weighted by Crippen LogP contribution is -2.53. The molecule has 4 nitrogen and oxygen atoms in total. The monoisotopic (exact) mass is 261 g/mol. The van der Waals surface area contributed by atoms with Crippen LogP contribution in [0.4, 0.5) is 0 Å². The first-order valence-corrected chi connectivity index (χ1v) is 6.93. The van der Waals surface area contributed by atoms with Crippen LogP contribution in [0.2, 0.25) is 0 Å². The summed E-state index contributed by atoms with van der Waals surface area (Å²) in [5, 5.41) is 0. The van der Waals surface area contributed by atoms with Gasteiger partial charge in [-0.25, -0.2) is 0 Å². The molecule has 1 aliphatic heterocycles. The lowest BCUT2D eigenvalue weighted by molar-refractivity contribution is -0.137. The third-order valence-electron chi connectivity index (χ3n) is 3.81. The maximum absolute atomic E-state index is 12.4. The van der Waals surface area contributed by atoms with Crippen LogP contribution in [0.5, 0.6) is 0 Å². The van der Waals surface area contributed by atoms with Crippen LogP contribution >= 0.6 is 0 Å². The summed E-state index contributed by atoms with van der Waals surface area (Å²) in [7, 11) is 2.09. The molecule has 0 saturated carbocycles. The molecule has 1 aromatic rings. The van der Waals surface area contributed by atoms with E-state index < -0.39 is 0 Å². The Labute approximate surface area is 115 Å². The molecular formula is C15H23N3O. The molecule has 0 spiro atoms. The second-order valence-electron chi connectivity index (χ2n) is 5.24. The first-order valence-electron chi connectivity index (χ1n) is 6.93. The minimum absolute atomic E-state index is 0.0736. The molecule has 0 aromatic heterocycles. The second-order valence-corrected chi connectivity index (χ2v) is 5.24. The summed E-state index contributed by atoms with van der Waals surface area (Å²) < 4.78 is 0. The number of nitrogens with zero attached hydrogens (tertiary/aromatic N) is 2. The minimum Gasteiger partial charge on any atom is -0.332 e. The Kier molecular flexibility index (Phi) is 4.56. The summed E-state index contributed by atoms with van der Waals surface area (Å²) in [6.45, 7) is 4.48. The van der Waals surface area contributed by atoms with Gasteiger partial charge in [-0.3, -0.25) is 4.79 Å². The highest BCUT2D eigenvalue weighted by Crippen LogP contribution is 2.25. The average Bonchev–Trinajstić information content (AvgIpc) is 2.46. The highest BCUT2D eigenvalue weighted by atomic mass is 16.2.